The van der Waals surface area contributed by atoms with Crippen LogP contribution in [0.3, 0.4) is 0 Å². The lowest BCUT2D eigenvalue weighted by Gasteiger charge is -2.43. The molecule has 1 saturated heterocycles. The van der Waals surface area contributed by atoms with Gasteiger partial charge in [-0.3, -0.25) is 9.59 Å². The molecule has 4 rings (SSSR count). The summed E-state index contributed by atoms with van der Waals surface area (Å²) < 4.78 is 0. The van der Waals surface area contributed by atoms with E-state index in [0.29, 0.717) is 29.8 Å². The van der Waals surface area contributed by atoms with E-state index in [1.165, 1.54) is 6.42 Å². The number of fused-ring (bicyclic) bond motifs is 2. The van der Waals surface area contributed by atoms with Crippen LogP contribution in [-0.4, -0.2) is 30.4 Å². The van der Waals surface area contributed by atoms with Gasteiger partial charge in [0.05, 0.1) is 0 Å². The Morgan fingerprint density at radius 3 is 2.56 bits per heavy atom. The van der Waals surface area contributed by atoms with Crippen molar-refractivity contribution in [3.05, 3.63) is 29.3 Å². The van der Waals surface area contributed by atoms with E-state index >= 15 is 0 Å². The molecule has 1 aromatic rings. The van der Waals surface area contributed by atoms with E-state index in [9.17, 15) is 9.59 Å². The van der Waals surface area contributed by atoms with Gasteiger partial charge >= 0.3 is 0 Å². The fourth-order valence-electron chi connectivity index (χ4n) is 5.01. The quantitative estimate of drug-likeness (QED) is 0.801. The Kier molecular flexibility index (Phi) is 6.34. The first-order valence-electron chi connectivity index (χ1n) is 9.66. The van der Waals surface area contributed by atoms with Crippen LogP contribution in [0.4, 0.5) is 5.69 Å². The predicted octanol–water partition coefficient (Wildman–Crippen LogP) is 3.14. The van der Waals surface area contributed by atoms with Crippen LogP contribution >= 0.6 is 24.0 Å². The molecule has 3 atom stereocenters. The molecule has 2 aliphatic carbocycles. The normalized spacial score (nSPS) is 32.7. The fraction of sp³-hybridized carbons (Fsp3) is 0.600. The Morgan fingerprint density at radius 1 is 1.19 bits per heavy atom. The van der Waals surface area contributed by atoms with E-state index in [2.05, 4.69) is 5.32 Å². The number of nitrogens with two attached hydrogens (primary N) is 1. The monoisotopic (exact) mass is 411 g/mol. The van der Waals surface area contributed by atoms with Crippen LogP contribution in [0.2, 0.25) is 5.02 Å². The van der Waals surface area contributed by atoms with Gasteiger partial charge in [0.1, 0.15) is 6.04 Å². The van der Waals surface area contributed by atoms with E-state index in [0.717, 1.165) is 31.4 Å². The Hall–Kier alpha value is -1.30. The van der Waals surface area contributed by atoms with Gasteiger partial charge in [-0.2, -0.15) is 0 Å². The van der Waals surface area contributed by atoms with Crippen LogP contribution in [-0.2, 0) is 9.59 Å². The molecule has 5 nitrogen and oxygen atoms in total. The van der Waals surface area contributed by atoms with Crippen molar-refractivity contribution < 1.29 is 9.59 Å². The Morgan fingerprint density at radius 2 is 1.89 bits per heavy atom. The molecule has 1 aromatic carbocycles. The molecule has 3 unspecified atom stereocenters. The molecule has 148 valence electrons. The minimum Gasteiger partial charge on any atom is -0.344 e. The first-order chi connectivity index (χ1) is 12.5. The van der Waals surface area contributed by atoms with Gasteiger partial charge in [0, 0.05) is 29.2 Å². The third-order valence-corrected chi connectivity index (χ3v) is 6.66. The molecular formula is C20H27Cl2N3O2. The molecule has 1 aliphatic heterocycles. The largest absolute Gasteiger partial charge is 0.344 e. The van der Waals surface area contributed by atoms with E-state index in [1.807, 2.05) is 12.1 Å². The van der Waals surface area contributed by atoms with Crippen LogP contribution in [0.15, 0.2) is 24.3 Å². The zero-order valence-electron chi connectivity index (χ0n) is 15.3. The number of hydrogen-bond donors (Lipinski definition) is 2. The Bertz CT molecular complexity index is 700. The highest BCUT2D eigenvalue weighted by Gasteiger charge is 2.42. The van der Waals surface area contributed by atoms with Crippen molar-refractivity contribution in [3.63, 3.8) is 0 Å². The first-order valence-corrected chi connectivity index (χ1v) is 10.0. The average Bonchev–Trinajstić information content (AvgIpc) is 2.95. The molecule has 7 heteroatoms. The SMILES string of the molecule is Cl.NC1C2CCCC1CC(C(=O)NC1CCN(c3cccc(Cl)c3)C1=O)C2. The number of amides is 2. The summed E-state index contributed by atoms with van der Waals surface area (Å²) in [5, 5.41) is 3.62. The molecule has 2 bridgehead atoms. The van der Waals surface area contributed by atoms with Crippen LogP contribution in [0.5, 0.6) is 0 Å². The van der Waals surface area contributed by atoms with Gasteiger partial charge in [-0.1, -0.05) is 24.1 Å². The second-order valence-electron chi connectivity index (χ2n) is 8.02. The van der Waals surface area contributed by atoms with Gasteiger partial charge in [-0.25, -0.2) is 0 Å². The number of anilines is 1. The maximum absolute atomic E-state index is 12.8. The zero-order valence-corrected chi connectivity index (χ0v) is 16.8. The molecular weight excluding hydrogens is 385 g/mol. The molecule has 0 radical (unpaired) electrons. The molecule has 2 amide bonds. The zero-order chi connectivity index (χ0) is 18.3. The van der Waals surface area contributed by atoms with E-state index in [4.69, 9.17) is 17.3 Å². The van der Waals surface area contributed by atoms with Crippen molar-refractivity contribution >= 4 is 41.5 Å². The summed E-state index contributed by atoms with van der Waals surface area (Å²) in [5.41, 5.74) is 7.11. The third-order valence-electron chi connectivity index (χ3n) is 6.43. The van der Waals surface area contributed by atoms with Crippen LogP contribution in [0.1, 0.15) is 38.5 Å². The molecule has 3 N–H and O–H groups in total. The molecule has 0 aromatic heterocycles. The maximum Gasteiger partial charge on any atom is 0.249 e. The van der Waals surface area contributed by atoms with Crippen molar-refractivity contribution in [2.24, 2.45) is 23.5 Å². The Labute approximate surface area is 171 Å². The average molecular weight is 412 g/mol. The Balaban J connectivity index is 0.00000210. The molecule has 0 spiro atoms. The van der Waals surface area contributed by atoms with Gasteiger partial charge < -0.3 is 16.0 Å². The van der Waals surface area contributed by atoms with E-state index in [-0.39, 0.29) is 36.2 Å². The summed E-state index contributed by atoms with van der Waals surface area (Å²) >= 11 is 6.03. The third kappa shape index (κ3) is 4.10. The van der Waals surface area contributed by atoms with Gasteiger partial charge in [-0.15, -0.1) is 12.4 Å². The number of hydrogen-bond acceptors (Lipinski definition) is 3. The van der Waals surface area contributed by atoms with Crippen molar-refractivity contribution in [3.8, 4) is 0 Å². The van der Waals surface area contributed by atoms with Gasteiger partial charge in [0.2, 0.25) is 11.8 Å². The number of nitrogens with one attached hydrogen (secondary N) is 1. The lowest BCUT2D eigenvalue weighted by molar-refractivity contribution is -0.131. The molecule has 1 heterocycles. The van der Waals surface area contributed by atoms with Crippen LogP contribution < -0.4 is 16.0 Å². The number of carbonyl (C=O) groups excluding carboxylic acids is 2. The summed E-state index contributed by atoms with van der Waals surface area (Å²) in [6.07, 6.45) is 5.85. The number of rotatable bonds is 3. The predicted molar refractivity (Wildman–Crippen MR) is 109 cm³/mol. The van der Waals surface area contributed by atoms with Gasteiger partial charge in [-0.05, 0) is 62.1 Å². The summed E-state index contributed by atoms with van der Waals surface area (Å²) in [7, 11) is 0. The minimum absolute atomic E-state index is 0. The summed E-state index contributed by atoms with van der Waals surface area (Å²) in [5.74, 6) is 0.896. The summed E-state index contributed by atoms with van der Waals surface area (Å²) in [6, 6.07) is 7.10. The first kappa shape index (κ1) is 20.4. The molecule has 2 saturated carbocycles. The van der Waals surface area contributed by atoms with Gasteiger partial charge in [0.25, 0.3) is 0 Å². The smallest absolute Gasteiger partial charge is 0.249 e. The lowest BCUT2D eigenvalue weighted by atomic mass is 9.65. The van der Waals surface area contributed by atoms with Crippen molar-refractivity contribution in [1.82, 2.24) is 5.32 Å². The topological polar surface area (TPSA) is 75.4 Å². The maximum atomic E-state index is 12.8. The number of halogens is 2. The highest BCUT2D eigenvalue weighted by atomic mass is 35.5. The van der Waals surface area contributed by atoms with Crippen LogP contribution in [0.25, 0.3) is 0 Å². The number of benzene rings is 1. The summed E-state index contributed by atoms with van der Waals surface area (Å²) in [6.45, 7) is 0.602. The van der Waals surface area contributed by atoms with Crippen molar-refractivity contribution in [1.29, 1.82) is 0 Å². The molecule has 27 heavy (non-hydrogen) atoms. The minimum atomic E-state index is -0.433. The molecule has 3 fully saturated rings. The van der Waals surface area contributed by atoms with E-state index in [1.54, 1.807) is 17.0 Å². The van der Waals surface area contributed by atoms with E-state index < -0.39 is 6.04 Å². The van der Waals surface area contributed by atoms with Crippen molar-refractivity contribution in [2.75, 3.05) is 11.4 Å². The second kappa shape index (κ2) is 8.38. The standard InChI is InChI=1S/C20H26ClN3O2.ClH/c21-15-5-2-6-16(11-15)24-8-7-17(20(24)26)23-19(25)14-9-12-3-1-4-13(10-14)18(12)22;/h2,5-6,11-14,17-18H,1,3-4,7-10,22H2,(H,23,25);1H. The van der Waals surface area contributed by atoms with Crippen LogP contribution in [0, 0.1) is 17.8 Å². The lowest BCUT2D eigenvalue weighted by Crippen LogP contribution is -2.51. The number of nitrogens with zero attached hydrogens (tertiary/aromatic N) is 1. The second-order valence-corrected chi connectivity index (χ2v) is 8.45. The molecule has 3 aliphatic rings. The number of carbonyl (C=O) groups is 2. The highest BCUT2D eigenvalue weighted by molar-refractivity contribution is 6.31. The van der Waals surface area contributed by atoms with Gasteiger partial charge in [0.15, 0.2) is 0 Å². The fourth-order valence-corrected chi connectivity index (χ4v) is 5.19. The summed E-state index contributed by atoms with van der Waals surface area (Å²) in [4.78, 5) is 27.2. The highest BCUT2D eigenvalue weighted by Crippen LogP contribution is 2.42. The van der Waals surface area contributed by atoms with Crippen molar-refractivity contribution in [2.45, 2.75) is 50.6 Å².